The van der Waals surface area contributed by atoms with Crippen LogP contribution in [0.4, 0.5) is 5.69 Å². The molecule has 0 fully saturated rings. The van der Waals surface area contributed by atoms with E-state index in [-0.39, 0.29) is 16.7 Å². The Morgan fingerprint density at radius 2 is 1.88 bits per heavy atom. The third kappa shape index (κ3) is 4.88. The molecule has 0 aliphatic heterocycles. The Balaban J connectivity index is 2.15. The van der Waals surface area contributed by atoms with Crippen molar-refractivity contribution in [1.29, 1.82) is 0 Å². The molecule has 0 aliphatic rings. The van der Waals surface area contributed by atoms with E-state index >= 15 is 0 Å². The number of carbonyl (C=O) groups is 1. The molecule has 0 bridgehead atoms. The lowest BCUT2D eigenvalue weighted by Gasteiger charge is -2.15. The summed E-state index contributed by atoms with van der Waals surface area (Å²) in [5.74, 6) is -0.294. The van der Waals surface area contributed by atoms with E-state index in [1.807, 2.05) is 26.0 Å². The maximum absolute atomic E-state index is 11.1. The van der Waals surface area contributed by atoms with Crippen molar-refractivity contribution in [2.45, 2.75) is 26.5 Å². The number of carboxylic acids is 1. The van der Waals surface area contributed by atoms with Crippen LogP contribution in [0.1, 0.15) is 29.8 Å². The second-order valence-electron chi connectivity index (χ2n) is 5.41. The first-order valence-electron chi connectivity index (χ1n) is 7.19. The first kappa shape index (κ1) is 19.1. The SMILES string of the molecule is CC(C)Oc1c(Br)cc(CNc2ccc(Cl)c(C(=O)O)c2)cc1Br. The maximum Gasteiger partial charge on any atom is 0.337 e. The third-order valence-corrected chi connectivity index (χ3v) is 4.61. The van der Waals surface area contributed by atoms with Gasteiger partial charge < -0.3 is 15.2 Å². The zero-order valence-electron chi connectivity index (χ0n) is 13.1. The van der Waals surface area contributed by atoms with Crippen molar-refractivity contribution < 1.29 is 14.6 Å². The van der Waals surface area contributed by atoms with Crippen LogP contribution in [0.25, 0.3) is 0 Å². The molecule has 0 amide bonds. The predicted octanol–water partition coefficient (Wildman–Crippen LogP) is 5.96. The summed E-state index contributed by atoms with van der Waals surface area (Å²) in [5, 5.41) is 12.5. The number of aromatic carboxylic acids is 1. The molecule has 0 unspecified atom stereocenters. The molecule has 0 aliphatic carbocycles. The van der Waals surface area contributed by atoms with Crippen molar-refractivity contribution in [2.24, 2.45) is 0 Å². The fraction of sp³-hybridized carbons (Fsp3) is 0.235. The average molecular weight is 478 g/mol. The summed E-state index contributed by atoms with van der Waals surface area (Å²) in [7, 11) is 0. The molecule has 24 heavy (non-hydrogen) atoms. The number of hydrogen-bond donors (Lipinski definition) is 2. The maximum atomic E-state index is 11.1. The molecule has 0 saturated carbocycles. The molecule has 0 saturated heterocycles. The lowest BCUT2D eigenvalue weighted by Crippen LogP contribution is -2.07. The number of rotatable bonds is 6. The summed E-state index contributed by atoms with van der Waals surface area (Å²) < 4.78 is 7.46. The summed E-state index contributed by atoms with van der Waals surface area (Å²) >= 11 is 12.9. The van der Waals surface area contributed by atoms with Crippen LogP contribution < -0.4 is 10.1 Å². The van der Waals surface area contributed by atoms with Gasteiger partial charge in [0.25, 0.3) is 0 Å². The normalized spacial score (nSPS) is 10.8. The Morgan fingerprint density at radius 1 is 1.25 bits per heavy atom. The Hall–Kier alpha value is -1.24. The smallest absolute Gasteiger partial charge is 0.337 e. The zero-order chi connectivity index (χ0) is 17.9. The van der Waals surface area contributed by atoms with Crippen LogP contribution in [0.3, 0.4) is 0 Å². The van der Waals surface area contributed by atoms with Crippen LogP contribution in [-0.2, 0) is 6.54 Å². The summed E-state index contributed by atoms with van der Waals surface area (Å²) in [4.78, 5) is 11.1. The van der Waals surface area contributed by atoms with E-state index in [2.05, 4.69) is 37.2 Å². The van der Waals surface area contributed by atoms with E-state index in [9.17, 15) is 4.79 Å². The number of benzene rings is 2. The predicted molar refractivity (Wildman–Crippen MR) is 103 cm³/mol. The summed E-state index contributed by atoms with van der Waals surface area (Å²) in [6.07, 6.45) is 0.0741. The van der Waals surface area contributed by atoms with Gasteiger partial charge in [-0.2, -0.15) is 0 Å². The number of hydrogen-bond acceptors (Lipinski definition) is 3. The minimum Gasteiger partial charge on any atom is -0.489 e. The Kier molecular flexibility index (Phi) is 6.54. The molecule has 7 heteroatoms. The van der Waals surface area contributed by atoms with Crippen molar-refractivity contribution in [3.63, 3.8) is 0 Å². The van der Waals surface area contributed by atoms with Crippen LogP contribution in [0.2, 0.25) is 5.02 Å². The number of carboxylic acid groups (broad SMARTS) is 1. The minimum absolute atomic E-state index is 0.0738. The molecular formula is C17H16Br2ClNO3. The van der Waals surface area contributed by atoms with E-state index in [1.165, 1.54) is 6.07 Å². The van der Waals surface area contributed by atoms with Crippen LogP contribution in [0.15, 0.2) is 39.3 Å². The van der Waals surface area contributed by atoms with Gasteiger partial charge in [-0.1, -0.05) is 11.6 Å². The van der Waals surface area contributed by atoms with E-state index in [0.29, 0.717) is 12.2 Å². The van der Waals surface area contributed by atoms with Gasteiger partial charge in [0.15, 0.2) is 0 Å². The van der Waals surface area contributed by atoms with Crippen LogP contribution in [0, 0.1) is 0 Å². The van der Waals surface area contributed by atoms with Crippen molar-refractivity contribution in [3.05, 3.63) is 55.4 Å². The third-order valence-electron chi connectivity index (χ3n) is 3.11. The van der Waals surface area contributed by atoms with Crippen molar-refractivity contribution in [3.8, 4) is 5.75 Å². The Bertz CT molecular complexity index is 742. The number of anilines is 1. The standard InChI is InChI=1S/C17H16Br2ClNO3/c1-9(2)24-16-13(18)5-10(6-14(16)19)8-21-11-3-4-15(20)12(7-11)17(22)23/h3-7,9,21H,8H2,1-2H3,(H,22,23). The molecule has 2 N–H and O–H groups in total. The van der Waals surface area contributed by atoms with Gasteiger partial charge in [0.1, 0.15) is 5.75 Å². The molecule has 0 atom stereocenters. The highest BCUT2D eigenvalue weighted by Gasteiger charge is 2.12. The average Bonchev–Trinajstić information content (AvgIpc) is 2.49. The topological polar surface area (TPSA) is 58.6 Å². The molecule has 0 aromatic heterocycles. The second-order valence-corrected chi connectivity index (χ2v) is 7.52. The molecular weight excluding hydrogens is 461 g/mol. The lowest BCUT2D eigenvalue weighted by atomic mass is 10.1. The molecule has 0 radical (unpaired) electrons. The van der Waals surface area contributed by atoms with E-state index in [4.69, 9.17) is 21.4 Å². The Labute approximate surface area is 162 Å². The van der Waals surface area contributed by atoms with Gasteiger partial charge in [0.2, 0.25) is 0 Å². The molecule has 2 aromatic rings. The lowest BCUT2D eigenvalue weighted by molar-refractivity contribution is 0.0697. The van der Waals surface area contributed by atoms with Crippen molar-refractivity contribution in [1.82, 2.24) is 0 Å². The first-order valence-corrected chi connectivity index (χ1v) is 9.15. The summed E-state index contributed by atoms with van der Waals surface area (Å²) in [6, 6.07) is 8.76. The molecule has 2 rings (SSSR count). The van der Waals surface area contributed by atoms with Gasteiger partial charge >= 0.3 is 5.97 Å². The fourth-order valence-electron chi connectivity index (χ4n) is 2.07. The summed E-state index contributed by atoms with van der Waals surface area (Å²) in [5.41, 5.74) is 1.77. The van der Waals surface area contributed by atoms with Crippen LogP contribution in [-0.4, -0.2) is 17.2 Å². The highest BCUT2D eigenvalue weighted by atomic mass is 79.9. The molecule has 2 aromatic carbocycles. The molecule has 128 valence electrons. The number of halogens is 3. The highest BCUT2D eigenvalue weighted by Crippen LogP contribution is 2.35. The van der Waals surface area contributed by atoms with Gasteiger partial charge in [-0.25, -0.2) is 4.79 Å². The highest BCUT2D eigenvalue weighted by molar-refractivity contribution is 9.11. The largest absolute Gasteiger partial charge is 0.489 e. The minimum atomic E-state index is -1.05. The molecule has 0 spiro atoms. The quantitative estimate of drug-likeness (QED) is 0.539. The fourth-order valence-corrected chi connectivity index (χ4v) is 3.73. The monoisotopic (exact) mass is 475 g/mol. The first-order chi connectivity index (χ1) is 11.3. The molecule has 4 nitrogen and oxygen atoms in total. The van der Waals surface area contributed by atoms with E-state index < -0.39 is 5.97 Å². The number of nitrogens with one attached hydrogen (secondary N) is 1. The zero-order valence-corrected chi connectivity index (χ0v) is 17.0. The van der Waals surface area contributed by atoms with Crippen molar-refractivity contribution >= 4 is 55.1 Å². The Morgan fingerprint density at radius 3 is 2.42 bits per heavy atom. The van der Waals surface area contributed by atoms with E-state index in [1.54, 1.807) is 12.1 Å². The molecule has 0 heterocycles. The number of ether oxygens (including phenoxy) is 1. The van der Waals surface area contributed by atoms with Gasteiger partial charge in [-0.3, -0.25) is 0 Å². The van der Waals surface area contributed by atoms with Crippen molar-refractivity contribution in [2.75, 3.05) is 5.32 Å². The van der Waals surface area contributed by atoms with Gasteiger partial charge in [-0.15, -0.1) is 0 Å². The summed E-state index contributed by atoms with van der Waals surface area (Å²) in [6.45, 7) is 4.46. The van der Waals surface area contributed by atoms with Gasteiger partial charge in [-0.05, 0) is 81.6 Å². The van der Waals surface area contributed by atoms with Crippen LogP contribution in [0.5, 0.6) is 5.75 Å². The van der Waals surface area contributed by atoms with Gasteiger partial charge in [0.05, 0.1) is 25.6 Å². The van der Waals surface area contributed by atoms with Gasteiger partial charge in [0, 0.05) is 12.2 Å². The van der Waals surface area contributed by atoms with E-state index in [0.717, 1.165) is 20.3 Å². The second kappa shape index (κ2) is 8.23. The van der Waals surface area contributed by atoms with Crippen LogP contribution >= 0.6 is 43.5 Å².